The molecule has 0 aliphatic carbocycles. The van der Waals surface area contributed by atoms with Gasteiger partial charge in [-0.2, -0.15) is 0 Å². The van der Waals surface area contributed by atoms with E-state index < -0.39 is 0 Å². The lowest BCUT2D eigenvalue weighted by molar-refractivity contribution is 0.631. The van der Waals surface area contributed by atoms with Gasteiger partial charge < -0.3 is 9.88 Å². The van der Waals surface area contributed by atoms with Crippen LogP contribution in [0.1, 0.15) is 34.9 Å². The lowest BCUT2D eigenvalue weighted by atomic mass is 9.82. The molecule has 2 atom stereocenters. The molecule has 1 fully saturated rings. The van der Waals surface area contributed by atoms with Crippen LogP contribution in [0.3, 0.4) is 0 Å². The molecule has 2 nitrogen and oxygen atoms in total. The molecule has 0 bridgehead atoms. The average Bonchev–Trinajstić information content (AvgIpc) is 3.24. The maximum absolute atomic E-state index is 6.49. The summed E-state index contributed by atoms with van der Waals surface area (Å²) < 4.78 is 2.41. The third-order valence-electron chi connectivity index (χ3n) is 5.75. The van der Waals surface area contributed by atoms with Crippen molar-refractivity contribution in [1.82, 2.24) is 9.88 Å². The van der Waals surface area contributed by atoms with Crippen LogP contribution in [0.15, 0.2) is 48.7 Å². The van der Waals surface area contributed by atoms with Crippen LogP contribution in [0.25, 0.3) is 10.9 Å². The largest absolute Gasteiger partial charge is 0.347 e. The Morgan fingerprint density at radius 2 is 1.92 bits per heavy atom. The van der Waals surface area contributed by atoms with Crippen LogP contribution < -0.4 is 5.32 Å². The molecule has 3 heteroatoms. The molecule has 1 saturated heterocycles. The van der Waals surface area contributed by atoms with E-state index in [4.69, 9.17) is 11.6 Å². The molecule has 3 aromatic rings. The number of aromatic nitrogens is 1. The van der Waals surface area contributed by atoms with Crippen LogP contribution in [0.5, 0.6) is 0 Å². The second kappa shape index (κ2) is 5.65. The number of rotatable bonds is 2. The van der Waals surface area contributed by atoms with Crippen LogP contribution in [0.4, 0.5) is 0 Å². The Kier molecular flexibility index (Phi) is 3.43. The standard InChI is InChI=1S/C21H21ClN2/c22-20-6-2-1-5-17(20)19-13-23-12-18(19)16-10-14-4-3-8-24-9-7-15(11-16)21(14)24/h1-2,5-7,9-11,18-19,23H,3-4,8,12-13H2/t18-,19-/m0/s1. The Hall–Kier alpha value is -1.77. The zero-order valence-electron chi connectivity index (χ0n) is 13.6. The summed E-state index contributed by atoms with van der Waals surface area (Å²) in [5.74, 6) is 0.949. The smallest absolute Gasteiger partial charge is 0.0513 e. The van der Waals surface area contributed by atoms with Crippen molar-refractivity contribution >= 4 is 22.5 Å². The van der Waals surface area contributed by atoms with Gasteiger partial charge in [0.25, 0.3) is 0 Å². The number of hydrogen-bond donors (Lipinski definition) is 1. The van der Waals surface area contributed by atoms with Crippen LogP contribution in [0, 0.1) is 0 Å². The predicted molar refractivity (Wildman–Crippen MR) is 100 cm³/mol. The summed E-state index contributed by atoms with van der Waals surface area (Å²) in [5, 5.41) is 5.88. The molecule has 0 saturated carbocycles. The van der Waals surface area contributed by atoms with Gasteiger partial charge in [-0.15, -0.1) is 0 Å². The van der Waals surface area contributed by atoms with E-state index in [2.05, 4.69) is 46.4 Å². The molecular formula is C21H21ClN2. The first-order valence-corrected chi connectivity index (χ1v) is 9.26. The molecule has 0 unspecified atom stereocenters. The molecular weight excluding hydrogens is 316 g/mol. The van der Waals surface area contributed by atoms with E-state index in [1.165, 1.54) is 40.4 Å². The highest BCUT2D eigenvalue weighted by atomic mass is 35.5. The van der Waals surface area contributed by atoms with Crippen LogP contribution in [0.2, 0.25) is 5.02 Å². The molecule has 3 heterocycles. The maximum atomic E-state index is 6.49. The normalized spacial score (nSPS) is 23.0. The van der Waals surface area contributed by atoms with Gasteiger partial charge in [0, 0.05) is 48.1 Å². The van der Waals surface area contributed by atoms with Crippen molar-refractivity contribution < 1.29 is 0 Å². The van der Waals surface area contributed by atoms with E-state index in [9.17, 15) is 0 Å². The van der Waals surface area contributed by atoms with E-state index in [-0.39, 0.29) is 0 Å². The summed E-state index contributed by atoms with van der Waals surface area (Å²) in [4.78, 5) is 0. The molecule has 0 amide bonds. The highest BCUT2D eigenvalue weighted by Gasteiger charge is 2.31. The number of nitrogens with one attached hydrogen (secondary N) is 1. The van der Waals surface area contributed by atoms with E-state index >= 15 is 0 Å². The van der Waals surface area contributed by atoms with Crippen molar-refractivity contribution in [2.45, 2.75) is 31.2 Å². The summed E-state index contributed by atoms with van der Waals surface area (Å²) in [6.07, 6.45) is 4.69. The van der Waals surface area contributed by atoms with Gasteiger partial charge in [-0.05, 0) is 47.7 Å². The second-order valence-electron chi connectivity index (χ2n) is 7.12. The first-order chi connectivity index (χ1) is 11.8. The Morgan fingerprint density at radius 1 is 1.04 bits per heavy atom. The first-order valence-electron chi connectivity index (χ1n) is 8.88. The minimum absolute atomic E-state index is 0.453. The highest BCUT2D eigenvalue weighted by molar-refractivity contribution is 6.31. The van der Waals surface area contributed by atoms with Crippen LogP contribution in [-0.4, -0.2) is 17.7 Å². The monoisotopic (exact) mass is 336 g/mol. The summed E-state index contributed by atoms with van der Waals surface area (Å²) in [7, 11) is 0. The Morgan fingerprint density at radius 3 is 2.83 bits per heavy atom. The maximum Gasteiger partial charge on any atom is 0.0513 e. The molecule has 24 heavy (non-hydrogen) atoms. The lowest BCUT2D eigenvalue weighted by Crippen LogP contribution is -2.12. The number of aryl methyl sites for hydroxylation is 2. The SMILES string of the molecule is Clc1ccccc1[C@@H]1CNC[C@H]1c1cc2c3c(ccn3CCC2)c1. The van der Waals surface area contributed by atoms with Crippen molar-refractivity contribution in [1.29, 1.82) is 0 Å². The van der Waals surface area contributed by atoms with Gasteiger partial charge in [0.2, 0.25) is 0 Å². The van der Waals surface area contributed by atoms with Crippen molar-refractivity contribution in [2.75, 3.05) is 13.1 Å². The molecule has 5 rings (SSSR count). The zero-order valence-corrected chi connectivity index (χ0v) is 14.4. The Bertz CT molecular complexity index is 911. The molecule has 2 aliphatic rings. The summed E-state index contributed by atoms with van der Waals surface area (Å²) in [6.45, 7) is 3.19. The second-order valence-corrected chi connectivity index (χ2v) is 7.53. The van der Waals surface area contributed by atoms with Gasteiger partial charge in [0.05, 0.1) is 5.52 Å². The highest BCUT2D eigenvalue weighted by Crippen LogP contribution is 2.40. The first kappa shape index (κ1) is 14.6. The number of halogens is 1. The number of benzene rings is 2. The van der Waals surface area contributed by atoms with Gasteiger partial charge in [0.15, 0.2) is 0 Å². The minimum Gasteiger partial charge on any atom is -0.347 e. The molecule has 2 aromatic carbocycles. The summed E-state index contributed by atoms with van der Waals surface area (Å²) in [6, 6.07) is 15.5. The van der Waals surface area contributed by atoms with Gasteiger partial charge in [-0.1, -0.05) is 35.9 Å². The van der Waals surface area contributed by atoms with Gasteiger partial charge in [-0.25, -0.2) is 0 Å². The van der Waals surface area contributed by atoms with Crippen molar-refractivity contribution in [3.05, 3.63) is 70.4 Å². The van der Waals surface area contributed by atoms with E-state index in [1.54, 1.807) is 0 Å². The fourth-order valence-corrected chi connectivity index (χ4v) is 4.90. The third kappa shape index (κ3) is 2.21. The fraction of sp³-hybridized carbons (Fsp3) is 0.333. The minimum atomic E-state index is 0.453. The topological polar surface area (TPSA) is 17.0 Å². The van der Waals surface area contributed by atoms with Crippen molar-refractivity contribution in [2.24, 2.45) is 0 Å². The van der Waals surface area contributed by atoms with E-state index in [0.717, 1.165) is 24.7 Å². The number of hydrogen-bond acceptors (Lipinski definition) is 1. The summed E-state index contributed by atoms with van der Waals surface area (Å²) in [5.41, 5.74) is 5.71. The van der Waals surface area contributed by atoms with Gasteiger partial charge in [-0.3, -0.25) is 0 Å². The fourth-order valence-electron chi connectivity index (χ4n) is 4.63. The van der Waals surface area contributed by atoms with Crippen molar-refractivity contribution in [3.8, 4) is 0 Å². The third-order valence-corrected chi connectivity index (χ3v) is 6.10. The molecule has 0 radical (unpaired) electrons. The van der Waals surface area contributed by atoms with Gasteiger partial charge >= 0.3 is 0 Å². The van der Waals surface area contributed by atoms with E-state index in [1.807, 2.05) is 12.1 Å². The zero-order chi connectivity index (χ0) is 16.1. The van der Waals surface area contributed by atoms with Crippen molar-refractivity contribution in [3.63, 3.8) is 0 Å². The van der Waals surface area contributed by atoms with Crippen LogP contribution in [-0.2, 0) is 13.0 Å². The molecule has 2 aliphatic heterocycles. The molecule has 1 N–H and O–H groups in total. The number of nitrogens with zero attached hydrogens (tertiary/aromatic N) is 1. The van der Waals surface area contributed by atoms with Gasteiger partial charge in [0.1, 0.15) is 0 Å². The lowest BCUT2D eigenvalue weighted by Gasteiger charge is -2.23. The summed E-state index contributed by atoms with van der Waals surface area (Å²) >= 11 is 6.49. The van der Waals surface area contributed by atoms with Crippen LogP contribution >= 0.6 is 11.6 Å². The Balaban J connectivity index is 1.60. The predicted octanol–water partition coefficient (Wildman–Crippen LogP) is 4.71. The Labute approximate surface area is 147 Å². The average molecular weight is 337 g/mol. The molecule has 122 valence electrons. The molecule has 1 aromatic heterocycles. The van der Waals surface area contributed by atoms with E-state index in [0.29, 0.717) is 11.8 Å². The quantitative estimate of drug-likeness (QED) is 0.717. The molecule has 0 spiro atoms.